The molecule has 0 heterocycles. The smallest absolute Gasteiger partial charge is 0.147 e. The number of halogens is 4. The van der Waals surface area contributed by atoms with E-state index in [9.17, 15) is 9.90 Å². The molecule has 2 nitrogen and oxygen atoms in total. The van der Waals surface area contributed by atoms with Crippen molar-refractivity contribution in [2.24, 2.45) is 17.3 Å². The normalized spacial score (nSPS) is 32.4. The Balaban J connectivity index is 2.79. The second-order valence-electron chi connectivity index (χ2n) is 4.09. The van der Waals surface area contributed by atoms with Crippen molar-refractivity contribution in [3.8, 4) is 0 Å². The summed E-state index contributed by atoms with van der Waals surface area (Å²) < 4.78 is -0.473. The zero-order chi connectivity index (χ0) is 11.3. The summed E-state index contributed by atoms with van der Waals surface area (Å²) in [4.78, 5) is 10.8. The third kappa shape index (κ3) is 2.38. The molecule has 0 aromatic heterocycles. The number of rotatable bonds is 2. The lowest BCUT2D eigenvalue weighted by Gasteiger charge is -2.21. The standard InChI is InChI=1S/C8H10Br4O2/c1-7(2)3(4(7)6(13)14)5(9)8(10,11)12/h3-5H,1-2H3,(H,13,14)/p-1/t3-,4+,5?/m1/s1. The van der Waals surface area contributed by atoms with Gasteiger partial charge in [-0.1, -0.05) is 77.6 Å². The van der Waals surface area contributed by atoms with E-state index in [2.05, 4.69) is 63.7 Å². The average molecular weight is 457 g/mol. The van der Waals surface area contributed by atoms with Crippen LogP contribution in [0.15, 0.2) is 0 Å². The van der Waals surface area contributed by atoms with Crippen molar-refractivity contribution in [2.75, 3.05) is 0 Å². The van der Waals surface area contributed by atoms with Crippen LogP contribution in [0, 0.1) is 17.3 Å². The fraction of sp³-hybridized carbons (Fsp3) is 0.875. The maximum atomic E-state index is 10.8. The van der Waals surface area contributed by atoms with E-state index in [1.165, 1.54) is 0 Å². The number of hydrogen-bond donors (Lipinski definition) is 0. The first kappa shape index (κ1) is 13.5. The first-order chi connectivity index (χ1) is 6.10. The molecule has 0 radical (unpaired) electrons. The zero-order valence-corrected chi connectivity index (χ0v) is 13.9. The van der Waals surface area contributed by atoms with Gasteiger partial charge in [-0.2, -0.15) is 0 Å². The molecule has 6 heteroatoms. The van der Waals surface area contributed by atoms with Crippen molar-refractivity contribution in [1.82, 2.24) is 0 Å². The number of aliphatic carboxylic acids is 1. The van der Waals surface area contributed by atoms with E-state index in [1.54, 1.807) is 0 Å². The van der Waals surface area contributed by atoms with Crippen molar-refractivity contribution < 1.29 is 9.90 Å². The molecular formula is C8H9Br4O2-. The van der Waals surface area contributed by atoms with Gasteiger partial charge in [0.05, 0.1) is 4.83 Å². The van der Waals surface area contributed by atoms with Crippen molar-refractivity contribution >= 4 is 69.7 Å². The number of alkyl halides is 4. The molecule has 1 unspecified atom stereocenters. The minimum atomic E-state index is -0.971. The van der Waals surface area contributed by atoms with Crippen molar-refractivity contribution in [1.29, 1.82) is 0 Å². The second-order valence-corrected chi connectivity index (χ2v) is 12.0. The van der Waals surface area contributed by atoms with E-state index in [1.807, 2.05) is 13.8 Å². The monoisotopic (exact) mass is 453 g/mol. The Morgan fingerprint density at radius 2 is 1.86 bits per heavy atom. The summed E-state index contributed by atoms with van der Waals surface area (Å²) in [7, 11) is 0. The summed E-state index contributed by atoms with van der Waals surface area (Å²) in [6, 6.07) is 0. The Morgan fingerprint density at radius 1 is 1.43 bits per heavy atom. The Bertz CT molecular complexity index is 259. The van der Waals surface area contributed by atoms with Crippen LogP contribution in [0.4, 0.5) is 0 Å². The van der Waals surface area contributed by atoms with Gasteiger partial charge >= 0.3 is 0 Å². The summed E-state index contributed by atoms with van der Waals surface area (Å²) in [5, 5.41) is 10.8. The lowest BCUT2D eigenvalue weighted by molar-refractivity contribution is -0.309. The molecule has 1 fully saturated rings. The molecule has 0 N–H and O–H groups in total. The molecule has 0 amide bonds. The first-order valence-corrected chi connectivity index (χ1v) is 7.31. The van der Waals surface area contributed by atoms with Gasteiger partial charge in [-0.25, -0.2) is 0 Å². The predicted octanol–water partition coefficient (Wildman–Crippen LogP) is 2.61. The SMILES string of the molecule is CC1(C)[C@H](C(=O)[O-])[C@@H]1C(Br)C(Br)(Br)Br. The number of carbonyl (C=O) groups is 1. The van der Waals surface area contributed by atoms with Crippen LogP contribution in [-0.4, -0.2) is 12.9 Å². The van der Waals surface area contributed by atoms with Crippen LogP contribution in [0.1, 0.15) is 13.8 Å². The Labute approximate surface area is 117 Å². The van der Waals surface area contributed by atoms with Crippen LogP contribution in [-0.2, 0) is 4.79 Å². The molecule has 0 saturated heterocycles. The summed E-state index contributed by atoms with van der Waals surface area (Å²) in [5.41, 5.74) is -0.215. The highest BCUT2D eigenvalue weighted by atomic mass is 80.0. The van der Waals surface area contributed by atoms with E-state index < -0.39 is 8.11 Å². The van der Waals surface area contributed by atoms with Gasteiger partial charge in [0.2, 0.25) is 0 Å². The summed E-state index contributed by atoms with van der Waals surface area (Å²) in [6.07, 6.45) is 0. The third-order valence-electron chi connectivity index (χ3n) is 2.79. The molecule has 1 rings (SSSR count). The largest absolute Gasteiger partial charge is 0.550 e. The summed E-state index contributed by atoms with van der Waals surface area (Å²) >= 11 is 13.6. The zero-order valence-electron chi connectivity index (χ0n) is 7.56. The predicted molar refractivity (Wildman–Crippen MR) is 68.0 cm³/mol. The first-order valence-electron chi connectivity index (χ1n) is 4.01. The number of carbonyl (C=O) groups excluding carboxylic acids is 1. The Morgan fingerprint density at radius 3 is 2.07 bits per heavy atom. The molecule has 0 aromatic carbocycles. The maximum absolute atomic E-state index is 10.8. The van der Waals surface area contributed by atoms with Gasteiger partial charge in [0.25, 0.3) is 0 Å². The number of carboxylic acid groups (broad SMARTS) is 1. The lowest BCUT2D eigenvalue weighted by atomic mass is 10.1. The van der Waals surface area contributed by atoms with Crippen LogP contribution >= 0.6 is 63.7 Å². The highest BCUT2D eigenvalue weighted by molar-refractivity contribution is 9.40. The van der Waals surface area contributed by atoms with Gasteiger partial charge in [0.1, 0.15) is 2.14 Å². The van der Waals surface area contributed by atoms with Crippen molar-refractivity contribution in [3.63, 3.8) is 0 Å². The maximum Gasteiger partial charge on any atom is 0.147 e. The highest BCUT2D eigenvalue weighted by Crippen LogP contribution is 2.65. The molecule has 82 valence electrons. The minimum Gasteiger partial charge on any atom is -0.550 e. The van der Waals surface area contributed by atoms with Crippen LogP contribution in [0.25, 0.3) is 0 Å². The molecule has 0 aliphatic heterocycles. The summed E-state index contributed by atoms with van der Waals surface area (Å²) in [6.45, 7) is 3.87. The number of carboxylic acids is 1. The van der Waals surface area contributed by atoms with Crippen LogP contribution in [0.2, 0.25) is 0 Å². The molecule has 1 saturated carbocycles. The van der Waals surface area contributed by atoms with Crippen LogP contribution < -0.4 is 5.11 Å². The molecular weight excluding hydrogens is 448 g/mol. The average Bonchev–Trinajstić information content (AvgIpc) is 2.49. The molecule has 1 aliphatic carbocycles. The van der Waals surface area contributed by atoms with Gasteiger partial charge in [-0.15, -0.1) is 0 Å². The molecule has 0 aromatic rings. The van der Waals surface area contributed by atoms with E-state index >= 15 is 0 Å². The van der Waals surface area contributed by atoms with Gasteiger partial charge in [-0.05, 0) is 11.3 Å². The van der Waals surface area contributed by atoms with Crippen molar-refractivity contribution in [3.05, 3.63) is 0 Å². The molecule has 14 heavy (non-hydrogen) atoms. The second kappa shape index (κ2) is 4.00. The lowest BCUT2D eigenvalue weighted by Crippen LogP contribution is -2.28. The van der Waals surface area contributed by atoms with Crippen LogP contribution in [0.3, 0.4) is 0 Å². The van der Waals surface area contributed by atoms with Gasteiger partial charge in [0.15, 0.2) is 0 Å². The topological polar surface area (TPSA) is 40.1 Å². The van der Waals surface area contributed by atoms with E-state index in [0.29, 0.717) is 0 Å². The molecule has 0 spiro atoms. The fourth-order valence-electron chi connectivity index (χ4n) is 1.88. The highest BCUT2D eigenvalue weighted by Gasteiger charge is 2.63. The van der Waals surface area contributed by atoms with Crippen molar-refractivity contribution in [2.45, 2.75) is 20.8 Å². The Hall–Kier alpha value is 1.39. The van der Waals surface area contributed by atoms with Crippen LogP contribution in [0.5, 0.6) is 0 Å². The van der Waals surface area contributed by atoms with Gasteiger partial charge < -0.3 is 9.90 Å². The number of hydrogen-bond acceptors (Lipinski definition) is 2. The molecule has 0 bridgehead atoms. The Kier molecular flexibility index (Phi) is 3.85. The minimum absolute atomic E-state index is 0.0205. The summed E-state index contributed by atoms with van der Waals surface area (Å²) in [5.74, 6) is -1.31. The van der Waals surface area contributed by atoms with Gasteiger partial charge in [-0.3, -0.25) is 0 Å². The third-order valence-corrected chi connectivity index (χ3v) is 7.37. The fourth-order valence-corrected chi connectivity index (χ4v) is 3.72. The quantitative estimate of drug-likeness (QED) is 0.599. The van der Waals surface area contributed by atoms with Gasteiger partial charge in [0, 0.05) is 11.9 Å². The molecule has 3 atom stereocenters. The molecule has 1 aliphatic rings. The van der Waals surface area contributed by atoms with E-state index in [0.717, 1.165) is 0 Å². The van der Waals surface area contributed by atoms with E-state index in [4.69, 9.17) is 0 Å². The van der Waals surface area contributed by atoms with E-state index in [-0.39, 0.29) is 22.1 Å².